The summed E-state index contributed by atoms with van der Waals surface area (Å²) in [5.41, 5.74) is 0.563. The van der Waals surface area contributed by atoms with Crippen LogP contribution >= 0.6 is 11.6 Å². The first-order valence-corrected chi connectivity index (χ1v) is 10.5. The topological polar surface area (TPSA) is 49.9 Å². The molecule has 1 aromatic rings. The van der Waals surface area contributed by atoms with Crippen LogP contribution in [-0.4, -0.2) is 60.0 Å². The Morgan fingerprint density at radius 3 is 2.22 bits per heavy atom. The van der Waals surface area contributed by atoms with Gasteiger partial charge in [-0.05, 0) is 50.7 Å². The van der Waals surface area contributed by atoms with Gasteiger partial charge >= 0.3 is 0 Å². The summed E-state index contributed by atoms with van der Waals surface area (Å²) < 4.78 is 5.50. The zero-order valence-corrected chi connectivity index (χ0v) is 16.4. The van der Waals surface area contributed by atoms with Gasteiger partial charge in [-0.1, -0.05) is 23.7 Å². The maximum absolute atomic E-state index is 13.0. The third-order valence-electron chi connectivity index (χ3n) is 6.01. The summed E-state index contributed by atoms with van der Waals surface area (Å²) in [6.45, 7) is 2.82. The summed E-state index contributed by atoms with van der Waals surface area (Å²) in [6, 6.07) is 7.73. The molecule has 0 aromatic heterocycles. The molecule has 2 heterocycles. The molecule has 0 atom stereocenters. The van der Waals surface area contributed by atoms with Gasteiger partial charge in [-0.2, -0.15) is 0 Å². The SMILES string of the molecule is O=C(c1ccccc1Cl)N1CCC(N(C(=O)C2CC2)C2CCOCC2)CC1. The molecule has 0 bridgehead atoms. The summed E-state index contributed by atoms with van der Waals surface area (Å²) in [5.74, 6) is 0.554. The summed E-state index contributed by atoms with van der Waals surface area (Å²) in [4.78, 5) is 29.8. The number of likely N-dealkylation sites (tertiary alicyclic amines) is 1. The average molecular weight is 391 g/mol. The molecule has 0 N–H and O–H groups in total. The average Bonchev–Trinajstić information content (AvgIpc) is 3.55. The second kappa shape index (κ2) is 8.19. The van der Waals surface area contributed by atoms with Gasteiger partial charge in [0.05, 0.1) is 10.6 Å². The molecule has 3 aliphatic rings. The van der Waals surface area contributed by atoms with Gasteiger partial charge in [-0.3, -0.25) is 9.59 Å². The highest BCUT2D eigenvalue weighted by atomic mass is 35.5. The number of carbonyl (C=O) groups excluding carboxylic acids is 2. The Kier molecular flexibility index (Phi) is 5.69. The number of rotatable bonds is 4. The van der Waals surface area contributed by atoms with Crippen LogP contribution in [0.2, 0.25) is 5.02 Å². The van der Waals surface area contributed by atoms with Crippen LogP contribution in [0.15, 0.2) is 24.3 Å². The maximum Gasteiger partial charge on any atom is 0.255 e. The molecule has 6 heteroatoms. The van der Waals surface area contributed by atoms with Crippen molar-refractivity contribution in [3.63, 3.8) is 0 Å². The van der Waals surface area contributed by atoms with Crippen molar-refractivity contribution in [1.82, 2.24) is 9.80 Å². The summed E-state index contributed by atoms with van der Waals surface area (Å²) in [6.07, 6.45) is 5.59. The number of hydrogen-bond donors (Lipinski definition) is 0. The Bertz CT molecular complexity index is 692. The molecular formula is C21H27ClN2O3. The molecule has 4 rings (SSSR count). The standard InChI is InChI=1S/C21H27ClN2O3/c22-19-4-2-1-3-18(19)21(26)23-11-7-16(8-12-23)24(20(25)15-5-6-15)17-9-13-27-14-10-17/h1-4,15-17H,5-14H2. The predicted molar refractivity (Wildman–Crippen MR) is 104 cm³/mol. The molecule has 5 nitrogen and oxygen atoms in total. The normalized spacial score (nSPS) is 21.9. The Morgan fingerprint density at radius 1 is 0.963 bits per heavy atom. The van der Waals surface area contributed by atoms with Gasteiger partial charge in [-0.25, -0.2) is 0 Å². The van der Waals surface area contributed by atoms with E-state index < -0.39 is 0 Å². The van der Waals surface area contributed by atoms with Crippen LogP contribution in [0.5, 0.6) is 0 Å². The Morgan fingerprint density at radius 2 is 1.59 bits per heavy atom. The minimum atomic E-state index is -0.00909. The number of benzene rings is 1. The number of ether oxygens (including phenoxy) is 1. The van der Waals surface area contributed by atoms with Crippen molar-refractivity contribution in [3.05, 3.63) is 34.9 Å². The van der Waals surface area contributed by atoms with Crippen LogP contribution in [0.25, 0.3) is 0 Å². The van der Waals surface area contributed by atoms with Crippen LogP contribution in [-0.2, 0) is 9.53 Å². The van der Waals surface area contributed by atoms with Crippen molar-refractivity contribution in [2.45, 2.75) is 50.6 Å². The molecule has 2 saturated heterocycles. The Hall–Kier alpha value is -1.59. The van der Waals surface area contributed by atoms with Gasteiger partial charge < -0.3 is 14.5 Å². The number of halogens is 1. The second-order valence-corrected chi connectivity index (χ2v) is 8.27. The van der Waals surface area contributed by atoms with E-state index in [1.807, 2.05) is 17.0 Å². The molecule has 2 amide bonds. The van der Waals surface area contributed by atoms with Crippen molar-refractivity contribution in [3.8, 4) is 0 Å². The van der Waals surface area contributed by atoms with Crippen molar-refractivity contribution in [2.75, 3.05) is 26.3 Å². The zero-order valence-electron chi connectivity index (χ0n) is 15.6. The highest BCUT2D eigenvalue weighted by Gasteiger charge is 2.41. The lowest BCUT2D eigenvalue weighted by Gasteiger charge is -2.44. The van der Waals surface area contributed by atoms with Gasteiger partial charge in [0, 0.05) is 44.3 Å². The van der Waals surface area contributed by atoms with E-state index in [1.54, 1.807) is 12.1 Å². The van der Waals surface area contributed by atoms with Crippen molar-refractivity contribution < 1.29 is 14.3 Å². The molecule has 1 aliphatic carbocycles. The molecule has 0 radical (unpaired) electrons. The first kappa shape index (κ1) is 18.8. The van der Waals surface area contributed by atoms with Crippen molar-refractivity contribution in [2.24, 2.45) is 5.92 Å². The smallest absolute Gasteiger partial charge is 0.255 e. The molecule has 3 fully saturated rings. The number of carbonyl (C=O) groups is 2. The molecular weight excluding hydrogens is 364 g/mol. The summed E-state index contributed by atoms with van der Waals surface area (Å²) >= 11 is 6.19. The lowest BCUT2D eigenvalue weighted by atomic mass is 9.96. The van der Waals surface area contributed by atoms with Gasteiger partial charge in [0.1, 0.15) is 0 Å². The molecule has 1 saturated carbocycles. The van der Waals surface area contributed by atoms with Crippen LogP contribution in [0.1, 0.15) is 48.9 Å². The van der Waals surface area contributed by atoms with Gasteiger partial charge in [0.15, 0.2) is 0 Å². The monoisotopic (exact) mass is 390 g/mol. The van der Waals surface area contributed by atoms with E-state index in [-0.39, 0.29) is 17.9 Å². The fraction of sp³-hybridized carbons (Fsp3) is 0.619. The van der Waals surface area contributed by atoms with E-state index >= 15 is 0 Å². The van der Waals surface area contributed by atoms with Crippen LogP contribution < -0.4 is 0 Å². The zero-order chi connectivity index (χ0) is 18.8. The summed E-state index contributed by atoms with van der Waals surface area (Å²) in [7, 11) is 0. The first-order valence-electron chi connectivity index (χ1n) is 10.1. The number of nitrogens with zero attached hydrogens (tertiary/aromatic N) is 2. The largest absolute Gasteiger partial charge is 0.381 e. The van der Waals surface area contributed by atoms with Gasteiger partial charge in [0.2, 0.25) is 5.91 Å². The van der Waals surface area contributed by atoms with Crippen LogP contribution in [0.4, 0.5) is 0 Å². The van der Waals surface area contributed by atoms with Gasteiger partial charge in [0.25, 0.3) is 5.91 Å². The summed E-state index contributed by atoms with van der Waals surface area (Å²) in [5, 5.41) is 0.498. The quantitative estimate of drug-likeness (QED) is 0.792. The van der Waals surface area contributed by atoms with Crippen molar-refractivity contribution >= 4 is 23.4 Å². The molecule has 2 aliphatic heterocycles. The molecule has 1 aromatic carbocycles. The highest BCUT2D eigenvalue weighted by molar-refractivity contribution is 6.33. The minimum Gasteiger partial charge on any atom is -0.381 e. The number of amides is 2. The third-order valence-corrected chi connectivity index (χ3v) is 6.34. The van der Waals surface area contributed by atoms with Crippen molar-refractivity contribution in [1.29, 1.82) is 0 Å². The number of piperidine rings is 1. The Labute approximate surface area is 165 Å². The fourth-order valence-electron chi connectivity index (χ4n) is 4.31. The molecule has 27 heavy (non-hydrogen) atoms. The highest BCUT2D eigenvalue weighted by Crippen LogP contribution is 2.35. The fourth-order valence-corrected chi connectivity index (χ4v) is 4.53. The molecule has 146 valence electrons. The van der Waals surface area contributed by atoms with E-state index in [2.05, 4.69) is 4.90 Å². The second-order valence-electron chi connectivity index (χ2n) is 7.87. The van der Waals surface area contributed by atoms with Crippen LogP contribution in [0.3, 0.4) is 0 Å². The third kappa shape index (κ3) is 4.14. The molecule has 0 unspecified atom stereocenters. The Balaban J connectivity index is 1.42. The lowest BCUT2D eigenvalue weighted by molar-refractivity contribution is -0.141. The van der Waals surface area contributed by atoms with E-state index in [1.165, 1.54) is 0 Å². The van der Waals surface area contributed by atoms with E-state index in [9.17, 15) is 9.59 Å². The van der Waals surface area contributed by atoms with E-state index in [0.717, 1.165) is 51.7 Å². The van der Waals surface area contributed by atoms with E-state index in [0.29, 0.717) is 35.6 Å². The maximum atomic E-state index is 13.0. The van der Waals surface area contributed by atoms with E-state index in [4.69, 9.17) is 16.3 Å². The van der Waals surface area contributed by atoms with Crippen LogP contribution in [0, 0.1) is 5.92 Å². The lowest BCUT2D eigenvalue weighted by Crippen LogP contribution is -2.54. The predicted octanol–water partition coefficient (Wildman–Crippen LogP) is 3.36. The van der Waals surface area contributed by atoms with Gasteiger partial charge in [-0.15, -0.1) is 0 Å². The molecule has 0 spiro atoms. The number of hydrogen-bond acceptors (Lipinski definition) is 3. The minimum absolute atomic E-state index is 0.00909. The first-order chi connectivity index (χ1) is 13.1.